The summed E-state index contributed by atoms with van der Waals surface area (Å²) in [5, 5.41) is 9.91. The molecule has 0 aliphatic heterocycles. The average Bonchev–Trinajstić information content (AvgIpc) is 2.03. The molecule has 6 heteroatoms. The third-order valence-electron chi connectivity index (χ3n) is 1.33. The summed E-state index contributed by atoms with van der Waals surface area (Å²) in [7, 11) is 1.73. The van der Waals surface area contributed by atoms with Gasteiger partial charge in [0.1, 0.15) is 11.6 Å². The Morgan fingerprint density at radius 1 is 1.58 bits per heavy atom. The summed E-state index contributed by atoms with van der Waals surface area (Å²) in [4.78, 5) is 7.97. The van der Waals surface area contributed by atoms with Crippen LogP contribution in [0.3, 0.4) is 0 Å². The monoisotopic (exact) mass is 277 g/mol. The molecule has 0 unspecified atom stereocenters. The van der Waals surface area contributed by atoms with Crippen LogP contribution in [0.1, 0.15) is 5.56 Å². The highest BCUT2D eigenvalue weighted by Crippen LogP contribution is 2.16. The highest BCUT2D eigenvalue weighted by Gasteiger charge is 2.06. The number of nitrogen functional groups attached to an aromatic ring is 1. The summed E-state index contributed by atoms with van der Waals surface area (Å²) in [6, 6.07) is 0. The predicted molar refractivity (Wildman–Crippen MR) is 56.6 cm³/mol. The summed E-state index contributed by atoms with van der Waals surface area (Å²) in [5.74, 6) is 0.913. The zero-order chi connectivity index (χ0) is 9.14. The van der Waals surface area contributed by atoms with E-state index in [1.807, 2.05) is 22.6 Å². The molecule has 0 aliphatic rings. The molecule has 0 atom stereocenters. The number of rotatable bonds is 2. The molecule has 1 rings (SSSR count). The van der Waals surface area contributed by atoms with E-state index in [1.54, 1.807) is 7.05 Å². The van der Waals surface area contributed by atoms with Crippen LogP contribution in [0.2, 0.25) is 0 Å². The van der Waals surface area contributed by atoms with Gasteiger partial charge in [-0.25, -0.2) is 9.97 Å². The van der Waals surface area contributed by atoms with E-state index in [0.717, 1.165) is 6.21 Å². The van der Waals surface area contributed by atoms with E-state index in [9.17, 15) is 0 Å². The summed E-state index contributed by atoms with van der Waals surface area (Å²) >= 11 is 1.97. The van der Waals surface area contributed by atoms with Gasteiger partial charge in [0, 0.05) is 35.9 Å². The second-order valence-electron chi connectivity index (χ2n) is 2.03. The third kappa shape index (κ3) is 1.63. The lowest BCUT2D eigenvalue weighted by atomic mass is 10.3. The second-order valence-corrected chi connectivity index (χ2v) is 3.00. The fourth-order valence-electron chi connectivity index (χ4n) is 0.791. The van der Waals surface area contributed by atoms with Crippen molar-refractivity contribution in [2.75, 3.05) is 18.1 Å². The minimum atomic E-state index is 0.328. The number of hydrogen-bond acceptors (Lipinski definition) is 5. The van der Waals surface area contributed by atoms with Crippen LogP contribution in [0.4, 0.5) is 11.6 Å². The fraction of sp³-hybridized carbons (Fsp3) is 0.167. The maximum atomic E-state index is 7.07. The molecule has 0 saturated carbocycles. The quantitative estimate of drug-likeness (QED) is 0.422. The lowest BCUT2D eigenvalue weighted by Crippen LogP contribution is -2.06. The zero-order valence-electron chi connectivity index (χ0n) is 6.43. The molecule has 0 bridgehead atoms. The van der Waals surface area contributed by atoms with Crippen LogP contribution in [0.5, 0.6) is 0 Å². The summed E-state index contributed by atoms with van der Waals surface area (Å²) in [6.07, 6.45) is 1.14. The Kier molecular flexibility index (Phi) is 2.79. The van der Waals surface area contributed by atoms with Gasteiger partial charge in [0.15, 0.2) is 3.83 Å². The molecule has 1 aromatic heterocycles. The lowest BCUT2D eigenvalue weighted by Gasteiger charge is -2.05. The summed E-state index contributed by atoms with van der Waals surface area (Å²) in [6.45, 7) is 0. The smallest absolute Gasteiger partial charge is 0.194 e. The van der Waals surface area contributed by atoms with Crippen molar-refractivity contribution in [2.45, 2.75) is 0 Å². The van der Waals surface area contributed by atoms with Gasteiger partial charge in [0.25, 0.3) is 0 Å². The first-order valence-corrected chi connectivity index (χ1v) is 4.28. The molecule has 0 spiro atoms. The van der Waals surface area contributed by atoms with E-state index in [4.69, 9.17) is 11.1 Å². The molecule has 5 nitrogen and oxygen atoms in total. The van der Waals surface area contributed by atoms with Crippen LogP contribution in [-0.4, -0.2) is 23.2 Å². The van der Waals surface area contributed by atoms with Gasteiger partial charge in [-0.15, -0.1) is 0 Å². The minimum absolute atomic E-state index is 0.328. The molecule has 12 heavy (non-hydrogen) atoms. The minimum Gasteiger partial charge on any atom is -0.383 e. The summed E-state index contributed by atoms with van der Waals surface area (Å²) in [5.41, 5.74) is 6.09. The SMILES string of the molecule is CNc1nc(I)nc(N)c1C=N. The van der Waals surface area contributed by atoms with Gasteiger partial charge in [-0.2, -0.15) is 0 Å². The molecular formula is C6H8IN5. The molecule has 0 amide bonds. The molecule has 0 saturated heterocycles. The Bertz CT molecular complexity index is 311. The third-order valence-corrected chi connectivity index (χ3v) is 1.81. The number of halogens is 1. The zero-order valence-corrected chi connectivity index (χ0v) is 8.58. The van der Waals surface area contributed by atoms with Gasteiger partial charge in [-0.1, -0.05) is 0 Å². The van der Waals surface area contributed by atoms with Gasteiger partial charge < -0.3 is 16.5 Å². The van der Waals surface area contributed by atoms with Crippen LogP contribution >= 0.6 is 22.6 Å². The standard InChI is InChI=1S/C6H8IN5/c1-10-5-3(2-8)4(9)11-6(7)12-5/h2,8H,1H3,(H3,9,10,11,12). The Labute approximate surface area is 83.4 Å². The maximum Gasteiger partial charge on any atom is 0.194 e. The van der Waals surface area contributed by atoms with E-state index >= 15 is 0 Å². The van der Waals surface area contributed by atoms with Crippen molar-refractivity contribution in [2.24, 2.45) is 0 Å². The van der Waals surface area contributed by atoms with E-state index in [0.29, 0.717) is 21.0 Å². The summed E-state index contributed by atoms with van der Waals surface area (Å²) < 4.78 is 0.569. The number of nitrogens with two attached hydrogens (primary N) is 1. The fourth-order valence-corrected chi connectivity index (χ4v) is 1.29. The number of nitrogens with zero attached hydrogens (tertiary/aromatic N) is 2. The van der Waals surface area contributed by atoms with Crippen molar-refractivity contribution in [3.8, 4) is 0 Å². The molecule has 4 N–H and O–H groups in total. The Morgan fingerprint density at radius 2 is 2.25 bits per heavy atom. The van der Waals surface area contributed by atoms with Crippen LogP contribution < -0.4 is 11.1 Å². The van der Waals surface area contributed by atoms with Crippen LogP contribution in [-0.2, 0) is 0 Å². The predicted octanol–water partition coefficient (Wildman–Crippen LogP) is 0.703. The van der Waals surface area contributed by atoms with Gasteiger partial charge >= 0.3 is 0 Å². The van der Waals surface area contributed by atoms with E-state index < -0.39 is 0 Å². The van der Waals surface area contributed by atoms with E-state index in [-0.39, 0.29) is 0 Å². The molecule has 0 aliphatic carbocycles. The van der Waals surface area contributed by atoms with Gasteiger partial charge in [0.05, 0.1) is 5.56 Å². The number of aromatic nitrogens is 2. The van der Waals surface area contributed by atoms with Crippen molar-refractivity contribution < 1.29 is 0 Å². The van der Waals surface area contributed by atoms with Crippen molar-refractivity contribution in [1.29, 1.82) is 5.41 Å². The number of hydrogen-bond donors (Lipinski definition) is 3. The highest BCUT2D eigenvalue weighted by atomic mass is 127. The van der Waals surface area contributed by atoms with Crippen molar-refractivity contribution >= 4 is 40.4 Å². The normalized spacial score (nSPS) is 9.50. The second kappa shape index (κ2) is 3.65. The molecule has 64 valence electrons. The Morgan fingerprint density at radius 3 is 2.75 bits per heavy atom. The van der Waals surface area contributed by atoms with Crippen molar-refractivity contribution in [1.82, 2.24) is 9.97 Å². The maximum absolute atomic E-state index is 7.07. The van der Waals surface area contributed by atoms with Crippen LogP contribution in [0.25, 0.3) is 0 Å². The molecule has 1 heterocycles. The number of anilines is 2. The average molecular weight is 277 g/mol. The van der Waals surface area contributed by atoms with Crippen LogP contribution in [0.15, 0.2) is 0 Å². The van der Waals surface area contributed by atoms with Crippen LogP contribution in [0, 0.1) is 9.24 Å². The first-order valence-electron chi connectivity index (χ1n) is 3.20. The first kappa shape index (κ1) is 9.17. The molecule has 1 aromatic rings. The van der Waals surface area contributed by atoms with Gasteiger partial charge in [-0.3, -0.25) is 0 Å². The largest absolute Gasteiger partial charge is 0.383 e. The van der Waals surface area contributed by atoms with Gasteiger partial charge in [-0.05, 0) is 0 Å². The highest BCUT2D eigenvalue weighted by molar-refractivity contribution is 14.1. The Balaban J connectivity index is 3.33. The number of nitrogens with one attached hydrogen (secondary N) is 2. The topological polar surface area (TPSA) is 87.7 Å². The molecule has 0 fully saturated rings. The van der Waals surface area contributed by atoms with Gasteiger partial charge in [0.2, 0.25) is 0 Å². The van der Waals surface area contributed by atoms with E-state index in [1.165, 1.54) is 0 Å². The lowest BCUT2D eigenvalue weighted by molar-refractivity contribution is 1.10. The van der Waals surface area contributed by atoms with E-state index in [2.05, 4.69) is 15.3 Å². The molecular weight excluding hydrogens is 269 g/mol. The van der Waals surface area contributed by atoms with Crippen molar-refractivity contribution in [3.05, 3.63) is 9.39 Å². The first-order chi connectivity index (χ1) is 5.69. The molecule has 0 radical (unpaired) electrons. The molecule has 0 aromatic carbocycles. The Hall–Kier alpha value is -0.920. The van der Waals surface area contributed by atoms with Crippen molar-refractivity contribution in [3.63, 3.8) is 0 Å².